The molecule has 0 aliphatic rings. The van der Waals surface area contributed by atoms with Crippen molar-refractivity contribution in [2.75, 3.05) is 19.9 Å². The van der Waals surface area contributed by atoms with Crippen LogP contribution in [0.1, 0.15) is 30.9 Å². The highest BCUT2D eigenvalue weighted by Gasteiger charge is 2.31. The van der Waals surface area contributed by atoms with Crippen molar-refractivity contribution in [2.24, 2.45) is 0 Å². The SMILES string of the molecule is CNC(C)(CCCSc1ccc(C)c(C)c1)C(=O)OC. The van der Waals surface area contributed by atoms with Gasteiger partial charge in [0.2, 0.25) is 0 Å². The molecule has 1 aromatic rings. The third-order valence-corrected chi connectivity index (χ3v) is 4.84. The summed E-state index contributed by atoms with van der Waals surface area (Å²) in [7, 11) is 3.23. The van der Waals surface area contributed by atoms with E-state index < -0.39 is 5.54 Å². The summed E-state index contributed by atoms with van der Waals surface area (Å²) in [5.41, 5.74) is 2.06. The number of rotatable bonds is 7. The first-order chi connectivity index (χ1) is 9.42. The van der Waals surface area contributed by atoms with E-state index in [9.17, 15) is 4.79 Å². The van der Waals surface area contributed by atoms with E-state index in [1.54, 1.807) is 7.05 Å². The van der Waals surface area contributed by atoms with E-state index >= 15 is 0 Å². The summed E-state index contributed by atoms with van der Waals surface area (Å²) in [6.45, 7) is 6.15. The smallest absolute Gasteiger partial charge is 0.325 e. The highest BCUT2D eigenvalue weighted by atomic mass is 32.2. The van der Waals surface area contributed by atoms with E-state index in [0.717, 1.165) is 18.6 Å². The zero-order valence-corrected chi connectivity index (χ0v) is 13.9. The van der Waals surface area contributed by atoms with Crippen LogP contribution in [0, 0.1) is 13.8 Å². The Kier molecular flexibility index (Phi) is 6.56. The van der Waals surface area contributed by atoms with Crippen molar-refractivity contribution in [3.05, 3.63) is 29.3 Å². The molecular weight excluding hydrogens is 270 g/mol. The largest absolute Gasteiger partial charge is 0.468 e. The molecule has 20 heavy (non-hydrogen) atoms. The van der Waals surface area contributed by atoms with Gasteiger partial charge in [-0.05, 0) is 69.7 Å². The van der Waals surface area contributed by atoms with Crippen molar-refractivity contribution < 1.29 is 9.53 Å². The van der Waals surface area contributed by atoms with Crippen LogP contribution >= 0.6 is 11.8 Å². The number of nitrogens with one attached hydrogen (secondary N) is 1. The number of carbonyl (C=O) groups excluding carboxylic acids is 1. The van der Waals surface area contributed by atoms with Crippen LogP contribution in [-0.4, -0.2) is 31.4 Å². The Morgan fingerprint density at radius 3 is 2.60 bits per heavy atom. The van der Waals surface area contributed by atoms with E-state index in [1.165, 1.54) is 23.1 Å². The fourth-order valence-corrected chi connectivity index (χ4v) is 2.92. The zero-order valence-electron chi connectivity index (χ0n) is 13.1. The number of carbonyl (C=O) groups is 1. The van der Waals surface area contributed by atoms with Gasteiger partial charge in [0.25, 0.3) is 0 Å². The Hall–Kier alpha value is -1.00. The van der Waals surface area contributed by atoms with Crippen molar-refractivity contribution in [1.82, 2.24) is 5.32 Å². The fourth-order valence-electron chi connectivity index (χ4n) is 1.97. The van der Waals surface area contributed by atoms with E-state index in [4.69, 9.17) is 4.74 Å². The number of thioether (sulfide) groups is 1. The molecular formula is C16H25NO2S. The average Bonchev–Trinajstić information content (AvgIpc) is 2.46. The van der Waals surface area contributed by atoms with Gasteiger partial charge in [0.1, 0.15) is 5.54 Å². The van der Waals surface area contributed by atoms with Crippen molar-refractivity contribution in [3.63, 3.8) is 0 Å². The Morgan fingerprint density at radius 1 is 1.35 bits per heavy atom. The second-order valence-corrected chi connectivity index (χ2v) is 6.44. The number of methoxy groups -OCH3 is 1. The van der Waals surface area contributed by atoms with Gasteiger partial charge in [-0.2, -0.15) is 0 Å². The molecule has 0 spiro atoms. The Balaban J connectivity index is 2.44. The quantitative estimate of drug-likeness (QED) is 0.476. The first-order valence-electron chi connectivity index (χ1n) is 6.90. The molecule has 3 nitrogen and oxygen atoms in total. The standard InChI is InChI=1S/C16H25NO2S/c1-12-7-8-14(11-13(12)2)20-10-6-9-16(3,17-4)15(18)19-5/h7-8,11,17H,6,9-10H2,1-5H3. The number of hydrogen-bond acceptors (Lipinski definition) is 4. The lowest BCUT2D eigenvalue weighted by atomic mass is 9.97. The molecule has 0 aromatic heterocycles. The number of likely N-dealkylation sites (N-methyl/N-ethyl adjacent to an activating group) is 1. The highest BCUT2D eigenvalue weighted by Crippen LogP contribution is 2.24. The lowest BCUT2D eigenvalue weighted by Gasteiger charge is -2.25. The molecule has 1 rings (SSSR count). The van der Waals surface area contributed by atoms with Gasteiger partial charge in [-0.3, -0.25) is 4.79 Å². The van der Waals surface area contributed by atoms with E-state index in [1.807, 2.05) is 18.7 Å². The minimum Gasteiger partial charge on any atom is -0.468 e. The molecule has 0 heterocycles. The number of esters is 1. The van der Waals surface area contributed by atoms with Crippen LogP contribution in [0.2, 0.25) is 0 Å². The highest BCUT2D eigenvalue weighted by molar-refractivity contribution is 7.99. The van der Waals surface area contributed by atoms with Gasteiger partial charge in [0.05, 0.1) is 7.11 Å². The lowest BCUT2D eigenvalue weighted by molar-refractivity contribution is -0.148. The maximum atomic E-state index is 11.7. The van der Waals surface area contributed by atoms with Gasteiger partial charge in [-0.1, -0.05) is 6.07 Å². The van der Waals surface area contributed by atoms with Crippen LogP contribution in [0.5, 0.6) is 0 Å². The maximum Gasteiger partial charge on any atom is 0.325 e. The minimum absolute atomic E-state index is 0.198. The van der Waals surface area contributed by atoms with Gasteiger partial charge >= 0.3 is 5.97 Å². The number of aryl methyl sites for hydroxylation is 2. The van der Waals surface area contributed by atoms with Crippen LogP contribution in [0.4, 0.5) is 0 Å². The molecule has 0 aliphatic heterocycles. The summed E-state index contributed by atoms with van der Waals surface area (Å²) in [6.07, 6.45) is 1.73. The summed E-state index contributed by atoms with van der Waals surface area (Å²) in [6, 6.07) is 6.53. The molecule has 1 N–H and O–H groups in total. The summed E-state index contributed by atoms with van der Waals surface area (Å²) in [5.74, 6) is 0.799. The van der Waals surface area contributed by atoms with Crippen LogP contribution in [0.25, 0.3) is 0 Å². The first kappa shape index (κ1) is 17.1. The van der Waals surface area contributed by atoms with E-state index in [-0.39, 0.29) is 5.97 Å². The van der Waals surface area contributed by atoms with Crippen LogP contribution in [-0.2, 0) is 9.53 Å². The van der Waals surface area contributed by atoms with E-state index in [0.29, 0.717) is 0 Å². The summed E-state index contributed by atoms with van der Waals surface area (Å²) in [5, 5.41) is 3.06. The third-order valence-electron chi connectivity index (χ3n) is 3.76. The molecule has 0 bridgehead atoms. The van der Waals surface area contributed by atoms with Crippen LogP contribution < -0.4 is 5.32 Å². The summed E-state index contributed by atoms with van der Waals surface area (Å²) >= 11 is 1.83. The van der Waals surface area contributed by atoms with Crippen molar-refractivity contribution in [2.45, 2.75) is 44.0 Å². The molecule has 0 fully saturated rings. The molecule has 1 atom stereocenters. The number of benzene rings is 1. The van der Waals surface area contributed by atoms with Gasteiger partial charge in [0.15, 0.2) is 0 Å². The summed E-state index contributed by atoms with van der Waals surface area (Å²) in [4.78, 5) is 13.0. The third kappa shape index (κ3) is 4.53. The topological polar surface area (TPSA) is 38.3 Å². The molecule has 4 heteroatoms. The van der Waals surface area contributed by atoms with Gasteiger partial charge in [0, 0.05) is 4.90 Å². The van der Waals surface area contributed by atoms with Crippen molar-refractivity contribution in [3.8, 4) is 0 Å². The van der Waals surface area contributed by atoms with Gasteiger partial charge < -0.3 is 10.1 Å². The second kappa shape index (κ2) is 7.70. The van der Waals surface area contributed by atoms with Crippen LogP contribution in [0.15, 0.2) is 23.1 Å². The van der Waals surface area contributed by atoms with Gasteiger partial charge in [-0.25, -0.2) is 0 Å². The summed E-state index contributed by atoms with van der Waals surface area (Å²) < 4.78 is 4.84. The molecule has 0 saturated carbocycles. The average molecular weight is 295 g/mol. The maximum absolute atomic E-state index is 11.7. The van der Waals surface area contributed by atoms with Crippen LogP contribution in [0.3, 0.4) is 0 Å². The molecule has 1 unspecified atom stereocenters. The Bertz CT molecular complexity index is 462. The van der Waals surface area contributed by atoms with Crippen molar-refractivity contribution >= 4 is 17.7 Å². The molecule has 0 aliphatic carbocycles. The van der Waals surface area contributed by atoms with Crippen molar-refractivity contribution in [1.29, 1.82) is 0 Å². The Labute approximate surface area is 126 Å². The molecule has 0 saturated heterocycles. The Morgan fingerprint density at radius 2 is 2.05 bits per heavy atom. The monoisotopic (exact) mass is 295 g/mol. The number of ether oxygens (including phenoxy) is 1. The molecule has 1 aromatic carbocycles. The predicted molar refractivity (Wildman–Crippen MR) is 85.4 cm³/mol. The second-order valence-electron chi connectivity index (χ2n) is 5.27. The van der Waals surface area contributed by atoms with E-state index in [2.05, 4.69) is 37.4 Å². The van der Waals surface area contributed by atoms with Gasteiger partial charge in [-0.15, -0.1) is 11.8 Å². The molecule has 0 radical (unpaired) electrons. The number of hydrogen-bond donors (Lipinski definition) is 1. The zero-order chi connectivity index (χ0) is 15.2. The normalized spacial score (nSPS) is 13.8. The lowest BCUT2D eigenvalue weighted by Crippen LogP contribution is -2.48. The first-order valence-corrected chi connectivity index (χ1v) is 7.89. The molecule has 0 amide bonds. The fraction of sp³-hybridized carbons (Fsp3) is 0.562. The molecule has 112 valence electrons. The minimum atomic E-state index is -0.585. The predicted octanol–water partition coefficient (Wildman–Crippen LogP) is 3.33.